The van der Waals surface area contributed by atoms with Crippen molar-refractivity contribution in [3.8, 4) is 11.5 Å². The normalized spacial score (nSPS) is 11.0. The second-order valence-electron chi connectivity index (χ2n) is 4.60. The van der Waals surface area contributed by atoms with E-state index in [1.165, 1.54) is 36.4 Å². The molecule has 8 nitrogen and oxygen atoms in total. The predicted molar refractivity (Wildman–Crippen MR) is 84.7 cm³/mol. The van der Waals surface area contributed by atoms with Gasteiger partial charge in [-0.25, -0.2) is 0 Å². The second-order valence-corrected chi connectivity index (χ2v) is 6.15. The van der Waals surface area contributed by atoms with Crippen LogP contribution in [-0.4, -0.2) is 33.7 Å². The summed E-state index contributed by atoms with van der Waals surface area (Å²) >= 11 is 0. The number of rotatable bonds is 8. The summed E-state index contributed by atoms with van der Waals surface area (Å²) in [4.78, 5) is 9.93. The van der Waals surface area contributed by atoms with E-state index in [4.69, 9.17) is 13.7 Å². The van der Waals surface area contributed by atoms with Gasteiger partial charge in [-0.15, -0.1) is 0 Å². The summed E-state index contributed by atoms with van der Waals surface area (Å²) in [5.41, 5.74) is -0.155. The number of hydrogen-bond acceptors (Lipinski definition) is 7. The molecule has 128 valence electrons. The Morgan fingerprint density at radius 3 is 2.08 bits per heavy atom. The Kier molecular flexibility index (Phi) is 5.72. The average molecular weight is 353 g/mol. The molecule has 2 rings (SSSR count). The van der Waals surface area contributed by atoms with Crippen LogP contribution >= 0.6 is 0 Å². The van der Waals surface area contributed by atoms with Crippen LogP contribution in [0.25, 0.3) is 0 Å². The number of nitro groups is 1. The van der Waals surface area contributed by atoms with Gasteiger partial charge in [-0.05, 0) is 36.4 Å². The van der Waals surface area contributed by atoms with Gasteiger partial charge in [0, 0.05) is 19.2 Å². The Bertz CT molecular complexity index is 786. The molecule has 0 spiro atoms. The van der Waals surface area contributed by atoms with E-state index >= 15 is 0 Å². The van der Waals surface area contributed by atoms with E-state index in [0.717, 1.165) is 12.1 Å². The van der Waals surface area contributed by atoms with Crippen LogP contribution in [0.1, 0.15) is 0 Å². The van der Waals surface area contributed by atoms with Gasteiger partial charge in [0.05, 0.1) is 11.5 Å². The number of hydrogen-bond donors (Lipinski definition) is 0. The predicted octanol–water partition coefficient (Wildman–Crippen LogP) is 2.39. The number of nitrogens with zero attached hydrogens (tertiary/aromatic N) is 1. The molecule has 0 N–H and O–H groups in total. The molecular formula is C15H15NO7S. The van der Waals surface area contributed by atoms with Gasteiger partial charge in [-0.1, -0.05) is 0 Å². The van der Waals surface area contributed by atoms with Crippen LogP contribution in [-0.2, 0) is 14.9 Å². The van der Waals surface area contributed by atoms with E-state index in [2.05, 4.69) is 0 Å². The Morgan fingerprint density at radius 1 is 0.958 bits per heavy atom. The monoisotopic (exact) mass is 353 g/mol. The van der Waals surface area contributed by atoms with Crippen LogP contribution in [0.15, 0.2) is 53.4 Å². The minimum Gasteiger partial charge on any atom is -0.491 e. The molecule has 0 radical (unpaired) electrons. The summed E-state index contributed by atoms with van der Waals surface area (Å²) in [6.07, 6.45) is 0. The molecule has 0 aliphatic rings. The SMILES string of the molecule is COCCOc1ccc(S(=O)(=O)Oc2ccc([N+](=O)[O-])cc2)cc1. The molecule has 0 unspecified atom stereocenters. The van der Waals surface area contributed by atoms with Crippen molar-refractivity contribution in [1.82, 2.24) is 0 Å². The van der Waals surface area contributed by atoms with Gasteiger partial charge in [-0.2, -0.15) is 8.42 Å². The lowest BCUT2D eigenvalue weighted by Crippen LogP contribution is -2.10. The van der Waals surface area contributed by atoms with Crippen LogP contribution in [0.4, 0.5) is 5.69 Å². The fourth-order valence-electron chi connectivity index (χ4n) is 1.74. The average Bonchev–Trinajstić information content (AvgIpc) is 2.56. The van der Waals surface area contributed by atoms with Gasteiger partial charge in [0.2, 0.25) is 0 Å². The van der Waals surface area contributed by atoms with Crippen molar-refractivity contribution in [1.29, 1.82) is 0 Å². The molecule has 0 fully saturated rings. The first-order valence-electron chi connectivity index (χ1n) is 6.83. The summed E-state index contributed by atoms with van der Waals surface area (Å²) in [6, 6.07) is 10.5. The maximum atomic E-state index is 12.2. The second kappa shape index (κ2) is 7.75. The molecule has 0 bridgehead atoms. The van der Waals surface area contributed by atoms with Crippen molar-refractivity contribution in [2.75, 3.05) is 20.3 Å². The molecule has 0 aliphatic carbocycles. The van der Waals surface area contributed by atoms with Crippen LogP contribution in [0, 0.1) is 10.1 Å². The quantitative estimate of drug-likeness (QED) is 0.310. The molecule has 0 saturated carbocycles. The van der Waals surface area contributed by atoms with Gasteiger partial charge < -0.3 is 13.7 Å². The van der Waals surface area contributed by atoms with Gasteiger partial charge in [0.25, 0.3) is 5.69 Å². The van der Waals surface area contributed by atoms with Crippen LogP contribution in [0.5, 0.6) is 11.5 Å². The standard InChI is InChI=1S/C15H15NO7S/c1-21-10-11-22-13-6-8-15(9-7-13)24(19,20)23-14-4-2-12(3-5-14)16(17)18/h2-9H,10-11H2,1H3. The molecule has 0 atom stereocenters. The third-order valence-electron chi connectivity index (χ3n) is 2.92. The number of benzene rings is 2. The maximum absolute atomic E-state index is 12.2. The molecule has 2 aromatic rings. The summed E-state index contributed by atoms with van der Waals surface area (Å²) < 4.78 is 39.5. The molecule has 0 heterocycles. The minimum atomic E-state index is -4.04. The first-order valence-corrected chi connectivity index (χ1v) is 8.24. The lowest BCUT2D eigenvalue weighted by Gasteiger charge is -2.08. The first-order chi connectivity index (χ1) is 11.4. The Labute approximate surface area is 138 Å². The van der Waals surface area contributed by atoms with Crippen molar-refractivity contribution in [3.63, 3.8) is 0 Å². The van der Waals surface area contributed by atoms with E-state index in [9.17, 15) is 18.5 Å². The van der Waals surface area contributed by atoms with Crippen molar-refractivity contribution in [2.45, 2.75) is 4.90 Å². The molecule has 0 aliphatic heterocycles. The molecule has 0 aromatic heterocycles. The van der Waals surface area contributed by atoms with Gasteiger partial charge in [-0.3, -0.25) is 10.1 Å². The number of nitro benzene ring substituents is 1. The van der Waals surface area contributed by atoms with Crippen molar-refractivity contribution >= 4 is 15.8 Å². The Balaban J connectivity index is 2.08. The zero-order valence-electron chi connectivity index (χ0n) is 12.7. The van der Waals surface area contributed by atoms with E-state index in [1.54, 1.807) is 7.11 Å². The largest absolute Gasteiger partial charge is 0.491 e. The van der Waals surface area contributed by atoms with Crippen molar-refractivity contribution in [2.24, 2.45) is 0 Å². The van der Waals surface area contributed by atoms with Gasteiger partial charge >= 0.3 is 10.1 Å². The number of ether oxygens (including phenoxy) is 2. The lowest BCUT2D eigenvalue weighted by atomic mass is 10.3. The summed E-state index contributed by atoms with van der Waals surface area (Å²) in [6.45, 7) is 0.769. The van der Waals surface area contributed by atoms with Crippen LogP contribution < -0.4 is 8.92 Å². The lowest BCUT2D eigenvalue weighted by molar-refractivity contribution is -0.384. The molecular weight excluding hydrogens is 338 g/mol. The summed E-state index contributed by atoms with van der Waals surface area (Å²) in [5.74, 6) is 0.488. The molecule has 0 amide bonds. The summed E-state index contributed by atoms with van der Waals surface area (Å²) in [5, 5.41) is 10.6. The highest BCUT2D eigenvalue weighted by Crippen LogP contribution is 2.23. The Morgan fingerprint density at radius 2 is 1.54 bits per heavy atom. The smallest absolute Gasteiger partial charge is 0.339 e. The van der Waals surface area contributed by atoms with E-state index < -0.39 is 15.0 Å². The highest BCUT2D eigenvalue weighted by atomic mass is 32.2. The highest BCUT2D eigenvalue weighted by molar-refractivity contribution is 7.87. The molecule has 2 aromatic carbocycles. The van der Waals surface area contributed by atoms with Crippen molar-refractivity contribution < 1.29 is 27.0 Å². The third-order valence-corrected chi connectivity index (χ3v) is 4.18. The first kappa shape index (κ1) is 17.7. The van der Waals surface area contributed by atoms with Crippen LogP contribution in [0.2, 0.25) is 0 Å². The van der Waals surface area contributed by atoms with E-state index in [0.29, 0.717) is 19.0 Å². The van der Waals surface area contributed by atoms with Gasteiger partial charge in [0.1, 0.15) is 23.0 Å². The van der Waals surface area contributed by atoms with E-state index in [-0.39, 0.29) is 16.3 Å². The highest BCUT2D eigenvalue weighted by Gasteiger charge is 2.17. The van der Waals surface area contributed by atoms with Gasteiger partial charge in [0.15, 0.2) is 0 Å². The molecule has 9 heteroatoms. The third kappa shape index (κ3) is 4.67. The summed E-state index contributed by atoms with van der Waals surface area (Å²) in [7, 11) is -2.49. The van der Waals surface area contributed by atoms with Crippen LogP contribution in [0.3, 0.4) is 0 Å². The topological polar surface area (TPSA) is 105 Å². The zero-order valence-corrected chi connectivity index (χ0v) is 13.6. The fraction of sp³-hybridized carbons (Fsp3) is 0.200. The number of methoxy groups -OCH3 is 1. The number of non-ortho nitro benzene ring substituents is 1. The molecule has 0 saturated heterocycles. The van der Waals surface area contributed by atoms with E-state index in [1.807, 2.05) is 0 Å². The fourth-order valence-corrected chi connectivity index (χ4v) is 2.67. The zero-order chi connectivity index (χ0) is 17.6. The maximum Gasteiger partial charge on any atom is 0.339 e. The molecule has 24 heavy (non-hydrogen) atoms. The Hall–Kier alpha value is -2.65. The minimum absolute atomic E-state index is 0.0129. The van der Waals surface area contributed by atoms with Crippen molar-refractivity contribution in [3.05, 3.63) is 58.6 Å².